The van der Waals surface area contributed by atoms with Crippen LogP contribution in [0.2, 0.25) is 16.6 Å². The minimum absolute atomic E-state index is 0.310. The van der Waals surface area contributed by atoms with Gasteiger partial charge in [-0.3, -0.25) is 0 Å². The van der Waals surface area contributed by atoms with Gasteiger partial charge in [-0.2, -0.15) is 10.2 Å². The van der Waals surface area contributed by atoms with Gasteiger partial charge in [-0.15, -0.1) is 0 Å². The van der Waals surface area contributed by atoms with Gasteiger partial charge in [-0.25, -0.2) is 0 Å². The summed E-state index contributed by atoms with van der Waals surface area (Å²) in [6, 6.07) is 16.4. The topological polar surface area (TPSA) is 81.2 Å². The van der Waals surface area contributed by atoms with Crippen molar-refractivity contribution in [1.29, 1.82) is 5.26 Å². The number of aromatic nitrogens is 2. The van der Waals surface area contributed by atoms with Crippen LogP contribution in [0.5, 0.6) is 11.5 Å². The fraction of sp³-hybridized carbons (Fsp3) is 0.464. The fourth-order valence-corrected chi connectivity index (χ4v) is 10.5. The van der Waals surface area contributed by atoms with Crippen LogP contribution in [0.3, 0.4) is 0 Å². The van der Waals surface area contributed by atoms with Crippen molar-refractivity contribution in [1.82, 2.24) is 10.1 Å². The molecule has 1 aromatic heterocycles. The third kappa shape index (κ3) is 5.59. The first kappa shape index (κ1) is 26.5. The molecular weight excluding hydrogens is 454 g/mol. The van der Waals surface area contributed by atoms with E-state index < -0.39 is 8.32 Å². The summed E-state index contributed by atoms with van der Waals surface area (Å²) in [5, 5.41) is 14.0. The minimum Gasteiger partial charge on any atom is -0.540 e. The average molecular weight is 492 g/mol. The summed E-state index contributed by atoms with van der Waals surface area (Å²) in [5.41, 5.74) is 4.18. The second-order valence-electron chi connectivity index (χ2n) is 10.0. The number of hydrogen-bond donors (Lipinski definition) is 0. The molecule has 0 bridgehead atoms. The molecule has 35 heavy (non-hydrogen) atoms. The second kappa shape index (κ2) is 11.1. The van der Waals surface area contributed by atoms with E-state index in [0.717, 1.165) is 22.4 Å². The molecule has 3 rings (SSSR count). The van der Waals surface area contributed by atoms with Crippen molar-refractivity contribution >= 4 is 8.32 Å². The third-order valence-electron chi connectivity index (χ3n) is 6.92. The first-order valence-corrected chi connectivity index (χ1v) is 14.4. The van der Waals surface area contributed by atoms with Crippen LogP contribution >= 0.6 is 0 Å². The molecule has 1 unspecified atom stereocenters. The third-order valence-corrected chi connectivity index (χ3v) is 12.9. The lowest BCUT2D eigenvalue weighted by Crippen LogP contribution is -2.50. The van der Waals surface area contributed by atoms with Gasteiger partial charge < -0.3 is 13.7 Å². The van der Waals surface area contributed by atoms with E-state index in [-0.39, 0.29) is 5.92 Å². The maximum atomic E-state index is 10.0. The summed E-state index contributed by atoms with van der Waals surface area (Å²) >= 11 is 0. The molecule has 0 fully saturated rings. The van der Waals surface area contributed by atoms with Crippen LogP contribution in [0.1, 0.15) is 64.5 Å². The number of nitriles is 1. The molecule has 6 nitrogen and oxygen atoms in total. The van der Waals surface area contributed by atoms with E-state index in [4.69, 9.17) is 13.7 Å². The zero-order chi connectivity index (χ0) is 25.8. The normalized spacial score (nSPS) is 12.7. The Bertz CT molecular complexity index is 1140. The lowest BCUT2D eigenvalue weighted by molar-refractivity contribution is 0.382. The number of rotatable bonds is 10. The molecule has 0 N–H and O–H groups in total. The molecule has 0 aliphatic heterocycles. The van der Waals surface area contributed by atoms with Gasteiger partial charge in [0.05, 0.1) is 19.1 Å². The number of hydrogen-bond acceptors (Lipinski definition) is 6. The molecule has 2 aromatic carbocycles. The zero-order valence-electron chi connectivity index (χ0n) is 22.1. The molecule has 0 saturated heterocycles. The molecular formula is C28H37N3O3Si. The monoisotopic (exact) mass is 491 g/mol. The maximum Gasteiger partial charge on any atom is 0.258 e. The maximum absolute atomic E-state index is 10.0. The predicted molar refractivity (Wildman–Crippen MR) is 141 cm³/mol. The van der Waals surface area contributed by atoms with E-state index in [1.54, 1.807) is 14.0 Å². The standard InChI is InChI=1S/C28H37N3O3Si/c1-18(2)35(19(3)4,20(5)6)34-27-16-24(13-14-26(27)32-8)25(17-29)15-22-9-11-23(12-10-22)28-30-21(7)33-31-28/h9-14,16,18-20,25H,15H2,1-8H3. The van der Waals surface area contributed by atoms with Crippen molar-refractivity contribution in [2.45, 2.75) is 77.4 Å². The van der Waals surface area contributed by atoms with E-state index in [2.05, 4.69) is 57.8 Å². The summed E-state index contributed by atoms with van der Waals surface area (Å²) in [4.78, 5) is 4.27. The lowest BCUT2D eigenvalue weighted by atomic mass is 9.92. The van der Waals surface area contributed by atoms with Crippen molar-refractivity contribution in [3.63, 3.8) is 0 Å². The molecule has 1 heterocycles. The molecule has 0 spiro atoms. The van der Waals surface area contributed by atoms with E-state index in [0.29, 0.717) is 40.5 Å². The smallest absolute Gasteiger partial charge is 0.258 e. The lowest BCUT2D eigenvalue weighted by Gasteiger charge is -2.42. The second-order valence-corrected chi connectivity index (χ2v) is 15.4. The Kier molecular flexibility index (Phi) is 8.39. The van der Waals surface area contributed by atoms with Gasteiger partial charge in [0.25, 0.3) is 8.32 Å². The number of ether oxygens (including phenoxy) is 1. The van der Waals surface area contributed by atoms with Crippen LogP contribution in [0.4, 0.5) is 0 Å². The number of aryl methyl sites for hydroxylation is 1. The van der Waals surface area contributed by atoms with Crippen LogP contribution < -0.4 is 9.16 Å². The SMILES string of the molecule is COc1ccc(C(C#N)Cc2ccc(-c3noc(C)n3)cc2)cc1O[Si](C(C)C)(C(C)C)C(C)C. The van der Waals surface area contributed by atoms with Gasteiger partial charge in [0.1, 0.15) is 5.75 Å². The zero-order valence-corrected chi connectivity index (χ0v) is 23.1. The van der Waals surface area contributed by atoms with Gasteiger partial charge in [0, 0.05) is 12.5 Å². The quantitative estimate of drug-likeness (QED) is 0.274. The highest BCUT2D eigenvalue weighted by Crippen LogP contribution is 2.45. The predicted octanol–water partition coefficient (Wildman–Crippen LogP) is 7.46. The molecule has 7 heteroatoms. The molecule has 0 saturated carbocycles. The highest BCUT2D eigenvalue weighted by molar-refractivity contribution is 6.78. The van der Waals surface area contributed by atoms with Crippen molar-refractivity contribution in [3.8, 4) is 29.0 Å². The number of benzene rings is 2. The number of methoxy groups -OCH3 is 1. The Labute approximate surface area is 210 Å². The highest BCUT2D eigenvalue weighted by atomic mass is 28.4. The van der Waals surface area contributed by atoms with Crippen molar-refractivity contribution in [2.75, 3.05) is 7.11 Å². The van der Waals surface area contributed by atoms with Crippen LogP contribution in [0, 0.1) is 18.3 Å². The van der Waals surface area contributed by atoms with Gasteiger partial charge in [-0.05, 0) is 46.3 Å². The first-order valence-electron chi connectivity index (χ1n) is 12.3. The van der Waals surface area contributed by atoms with Crippen molar-refractivity contribution in [2.24, 2.45) is 0 Å². The average Bonchev–Trinajstić information content (AvgIpc) is 3.26. The van der Waals surface area contributed by atoms with Crippen LogP contribution in [-0.4, -0.2) is 25.6 Å². The van der Waals surface area contributed by atoms with Crippen LogP contribution in [-0.2, 0) is 6.42 Å². The van der Waals surface area contributed by atoms with Crippen LogP contribution in [0.25, 0.3) is 11.4 Å². The Morgan fingerprint density at radius 1 is 0.943 bits per heavy atom. The molecule has 0 aliphatic rings. The molecule has 0 radical (unpaired) electrons. The highest BCUT2D eigenvalue weighted by Gasteiger charge is 2.47. The van der Waals surface area contributed by atoms with E-state index >= 15 is 0 Å². The van der Waals surface area contributed by atoms with Crippen LogP contribution in [0.15, 0.2) is 47.0 Å². The van der Waals surface area contributed by atoms with Gasteiger partial charge in [0.15, 0.2) is 5.75 Å². The van der Waals surface area contributed by atoms with Crippen molar-refractivity contribution in [3.05, 3.63) is 59.5 Å². The van der Waals surface area contributed by atoms with E-state index in [9.17, 15) is 5.26 Å². The molecule has 1 atom stereocenters. The largest absolute Gasteiger partial charge is 0.540 e. The summed E-state index contributed by atoms with van der Waals surface area (Å²) < 4.78 is 17.7. The number of nitrogens with zero attached hydrogens (tertiary/aromatic N) is 3. The summed E-state index contributed by atoms with van der Waals surface area (Å²) in [6.45, 7) is 15.4. The van der Waals surface area contributed by atoms with Crippen molar-refractivity contribution < 1.29 is 13.7 Å². The van der Waals surface area contributed by atoms with Gasteiger partial charge in [-0.1, -0.05) is 77.0 Å². The Balaban J connectivity index is 1.89. The van der Waals surface area contributed by atoms with E-state index in [1.165, 1.54) is 0 Å². The molecule has 0 amide bonds. The molecule has 3 aromatic rings. The molecule has 0 aliphatic carbocycles. The Hall–Kier alpha value is -3.11. The fourth-order valence-electron chi connectivity index (χ4n) is 5.21. The van der Waals surface area contributed by atoms with Gasteiger partial charge in [0.2, 0.25) is 11.7 Å². The summed E-state index contributed by atoms with van der Waals surface area (Å²) in [6.07, 6.45) is 0.592. The Morgan fingerprint density at radius 2 is 1.57 bits per heavy atom. The minimum atomic E-state index is -2.18. The molecule has 186 valence electrons. The summed E-state index contributed by atoms with van der Waals surface area (Å²) in [5.74, 6) is 2.25. The Morgan fingerprint density at radius 3 is 2.06 bits per heavy atom. The van der Waals surface area contributed by atoms with E-state index in [1.807, 2.05) is 42.5 Å². The van der Waals surface area contributed by atoms with Gasteiger partial charge >= 0.3 is 0 Å². The summed E-state index contributed by atoms with van der Waals surface area (Å²) in [7, 11) is -0.511. The first-order chi connectivity index (χ1) is 16.6.